The Labute approximate surface area is 104 Å². The Morgan fingerprint density at radius 2 is 1.88 bits per heavy atom. The Morgan fingerprint density at radius 1 is 1.35 bits per heavy atom. The van der Waals surface area contributed by atoms with Crippen LogP contribution in [0.5, 0.6) is 0 Å². The van der Waals surface area contributed by atoms with Crippen molar-refractivity contribution in [1.29, 1.82) is 0 Å². The standard InChI is InChI=1S/C8H18O4S.C2H7NO/c1-3-8(2)6-4-5-7-12-13(9,10)11;3-1-2-4/h8H,3-7H2,1-2H3,(H,9,10,11);4H,1-3H2. The molecular weight excluding hydrogens is 246 g/mol. The maximum atomic E-state index is 10.1. The number of nitrogens with two attached hydrogens (primary N) is 1. The predicted molar refractivity (Wildman–Crippen MR) is 66.9 cm³/mol. The van der Waals surface area contributed by atoms with Gasteiger partial charge in [0.05, 0.1) is 13.2 Å². The fraction of sp³-hybridized carbons (Fsp3) is 1.00. The van der Waals surface area contributed by atoms with Crippen LogP contribution in [-0.2, 0) is 14.6 Å². The second-order valence-electron chi connectivity index (χ2n) is 3.77. The van der Waals surface area contributed by atoms with Crippen molar-refractivity contribution in [3.63, 3.8) is 0 Å². The first kappa shape index (κ1) is 19.1. The monoisotopic (exact) mass is 271 g/mol. The lowest BCUT2D eigenvalue weighted by molar-refractivity contribution is 0.259. The van der Waals surface area contributed by atoms with Crippen LogP contribution in [0.1, 0.15) is 39.5 Å². The number of aliphatic hydroxyl groups is 1. The summed E-state index contributed by atoms with van der Waals surface area (Å²) in [5.74, 6) is 0.672. The molecule has 7 heteroatoms. The largest absolute Gasteiger partial charge is 0.397 e. The molecular formula is C10H25NO5S. The maximum Gasteiger partial charge on any atom is 0.397 e. The Balaban J connectivity index is 0. The zero-order chi connectivity index (χ0) is 13.7. The zero-order valence-electron chi connectivity index (χ0n) is 10.6. The van der Waals surface area contributed by atoms with Crippen LogP contribution < -0.4 is 5.73 Å². The van der Waals surface area contributed by atoms with E-state index in [9.17, 15) is 8.42 Å². The Bertz CT molecular complexity index is 241. The molecule has 0 aliphatic carbocycles. The summed E-state index contributed by atoms with van der Waals surface area (Å²) in [7, 11) is -4.23. The molecule has 0 spiro atoms. The van der Waals surface area contributed by atoms with Crippen LogP contribution in [0.3, 0.4) is 0 Å². The number of rotatable bonds is 8. The van der Waals surface area contributed by atoms with E-state index in [1.54, 1.807) is 0 Å². The first-order valence-corrected chi connectivity index (χ1v) is 7.16. The van der Waals surface area contributed by atoms with Crippen molar-refractivity contribution in [3.05, 3.63) is 0 Å². The van der Waals surface area contributed by atoms with E-state index in [4.69, 9.17) is 15.4 Å². The van der Waals surface area contributed by atoms with Crippen molar-refractivity contribution in [3.8, 4) is 0 Å². The van der Waals surface area contributed by atoms with Crippen LogP contribution >= 0.6 is 0 Å². The van der Waals surface area contributed by atoms with Crippen molar-refractivity contribution >= 4 is 10.4 Å². The minimum Gasteiger partial charge on any atom is -0.395 e. The number of unbranched alkanes of at least 4 members (excludes halogenated alkanes) is 1. The van der Waals surface area contributed by atoms with Gasteiger partial charge in [0.2, 0.25) is 0 Å². The first-order valence-electron chi connectivity index (χ1n) is 5.80. The van der Waals surface area contributed by atoms with Crippen molar-refractivity contribution < 1.29 is 22.3 Å². The minimum atomic E-state index is -4.23. The Kier molecular flexibility index (Phi) is 13.8. The number of hydrogen-bond donors (Lipinski definition) is 3. The molecule has 0 aliphatic rings. The quantitative estimate of drug-likeness (QED) is 0.448. The zero-order valence-corrected chi connectivity index (χ0v) is 11.4. The molecule has 17 heavy (non-hydrogen) atoms. The smallest absolute Gasteiger partial charge is 0.395 e. The fourth-order valence-electron chi connectivity index (χ4n) is 0.963. The number of hydrogen-bond acceptors (Lipinski definition) is 5. The highest BCUT2D eigenvalue weighted by Gasteiger charge is 2.03. The third-order valence-corrected chi connectivity index (χ3v) is 2.61. The summed E-state index contributed by atoms with van der Waals surface area (Å²) >= 11 is 0. The molecule has 0 aromatic heterocycles. The summed E-state index contributed by atoms with van der Waals surface area (Å²) in [4.78, 5) is 0. The summed E-state index contributed by atoms with van der Waals surface area (Å²) in [5.41, 5.74) is 4.78. The van der Waals surface area contributed by atoms with Crippen molar-refractivity contribution in [2.75, 3.05) is 19.8 Å². The highest BCUT2D eigenvalue weighted by atomic mass is 32.3. The van der Waals surface area contributed by atoms with Crippen molar-refractivity contribution in [1.82, 2.24) is 0 Å². The Hall–Kier alpha value is -0.210. The van der Waals surface area contributed by atoms with Crippen LogP contribution in [0.2, 0.25) is 0 Å². The molecule has 0 heterocycles. The molecule has 1 unspecified atom stereocenters. The number of aliphatic hydroxyl groups excluding tert-OH is 1. The van der Waals surface area contributed by atoms with E-state index in [2.05, 4.69) is 18.0 Å². The SMILES string of the molecule is CCC(C)CCCCOS(=O)(=O)O.NCCO. The molecule has 0 fully saturated rings. The topological polar surface area (TPSA) is 110 Å². The van der Waals surface area contributed by atoms with E-state index in [0.29, 0.717) is 18.9 Å². The molecule has 1 atom stereocenters. The van der Waals surface area contributed by atoms with Gasteiger partial charge in [-0.2, -0.15) is 8.42 Å². The van der Waals surface area contributed by atoms with Gasteiger partial charge in [0, 0.05) is 6.54 Å². The molecule has 0 aromatic rings. The average molecular weight is 271 g/mol. The highest BCUT2D eigenvalue weighted by molar-refractivity contribution is 7.80. The molecule has 0 aliphatic heterocycles. The van der Waals surface area contributed by atoms with Crippen molar-refractivity contribution in [2.24, 2.45) is 11.7 Å². The summed E-state index contributed by atoms with van der Waals surface area (Å²) in [6.07, 6.45) is 3.82. The van der Waals surface area contributed by atoms with Gasteiger partial charge in [0.1, 0.15) is 0 Å². The minimum absolute atomic E-state index is 0.0786. The third-order valence-electron chi connectivity index (χ3n) is 2.15. The summed E-state index contributed by atoms with van der Waals surface area (Å²) in [5, 5.41) is 7.75. The van der Waals surface area contributed by atoms with E-state index in [1.165, 1.54) is 0 Å². The van der Waals surface area contributed by atoms with Crippen LogP contribution in [-0.4, -0.2) is 37.8 Å². The lowest BCUT2D eigenvalue weighted by Gasteiger charge is -2.06. The molecule has 0 saturated carbocycles. The molecule has 6 nitrogen and oxygen atoms in total. The van der Waals surface area contributed by atoms with Gasteiger partial charge in [0.25, 0.3) is 0 Å². The van der Waals surface area contributed by atoms with Crippen LogP contribution in [0.4, 0.5) is 0 Å². The van der Waals surface area contributed by atoms with Crippen LogP contribution in [0.15, 0.2) is 0 Å². The molecule has 0 bridgehead atoms. The fourth-order valence-corrected chi connectivity index (χ4v) is 1.29. The molecule has 0 radical (unpaired) electrons. The van der Waals surface area contributed by atoms with Gasteiger partial charge in [0.15, 0.2) is 0 Å². The van der Waals surface area contributed by atoms with Gasteiger partial charge in [-0.1, -0.05) is 33.1 Å². The van der Waals surface area contributed by atoms with Crippen LogP contribution in [0.25, 0.3) is 0 Å². The summed E-state index contributed by atoms with van der Waals surface area (Å²) in [6.45, 7) is 4.83. The second kappa shape index (κ2) is 12.3. The molecule has 0 amide bonds. The first-order chi connectivity index (χ1) is 7.87. The van der Waals surface area contributed by atoms with Gasteiger partial charge >= 0.3 is 10.4 Å². The van der Waals surface area contributed by atoms with Gasteiger partial charge < -0.3 is 10.8 Å². The molecule has 0 aromatic carbocycles. The highest BCUT2D eigenvalue weighted by Crippen LogP contribution is 2.10. The molecule has 4 N–H and O–H groups in total. The van der Waals surface area contributed by atoms with Crippen LogP contribution in [0, 0.1) is 5.92 Å². The van der Waals surface area contributed by atoms with Gasteiger partial charge in [-0.05, 0) is 12.3 Å². The summed E-state index contributed by atoms with van der Waals surface area (Å²) in [6, 6.07) is 0. The molecule has 106 valence electrons. The predicted octanol–water partition coefficient (Wildman–Crippen LogP) is 0.960. The molecule has 0 rings (SSSR count). The maximum absolute atomic E-state index is 10.1. The summed E-state index contributed by atoms with van der Waals surface area (Å²) < 4.78 is 32.6. The lowest BCUT2D eigenvalue weighted by Crippen LogP contribution is -2.05. The van der Waals surface area contributed by atoms with E-state index in [-0.39, 0.29) is 13.2 Å². The lowest BCUT2D eigenvalue weighted by atomic mass is 10.0. The van der Waals surface area contributed by atoms with E-state index in [1.807, 2.05) is 0 Å². The third kappa shape index (κ3) is 21.6. The normalized spacial score (nSPS) is 12.8. The van der Waals surface area contributed by atoms with Gasteiger partial charge in [-0.15, -0.1) is 0 Å². The van der Waals surface area contributed by atoms with Gasteiger partial charge in [-0.25, -0.2) is 4.18 Å². The van der Waals surface area contributed by atoms with Gasteiger partial charge in [-0.3, -0.25) is 4.55 Å². The Morgan fingerprint density at radius 3 is 2.24 bits per heavy atom. The average Bonchev–Trinajstić information content (AvgIpc) is 2.27. The van der Waals surface area contributed by atoms with E-state index >= 15 is 0 Å². The molecule has 0 saturated heterocycles. The van der Waals surface area contributed by atoms with E-state index in [0.717, 1.165) is 19.3 Å². The van der Waals surface area contributed by atoms with Crippen molar-refractivity contribution in [2.45, 2.75) is 39.5 Å². The van der Waals surface area contributed by atoms with E-state index < -0.39 is 10.4 Å². The second-order valence-corrected chi connectivity index (χ2v) is 4.86.